The molecule has 4 heteroatoms. The molecule has 0 radical (unpaired) electrons. The van der Waals surface area contributed by atoms with E-state index in [0.29, 0.717) is 22.3 Å². The van der Waals surface area contributed by atoms with Crippen molar-refractivity contribution >= 4 is 16.8 Å². The van der Waals surface area contributed by atoms with E-state index in [-0.39, 0.29) is 18.2 Å². The Bertz CT molecular complexity index is 828. The van der Waals surface area contributed by atoms with Crippen molar-refractivity contribution in [1.29, 1.82) is 5.26 Å². The quantitative estimate of drug-likeness (QED) is 0.684. The third kappa shape index (κ3) is 2.49. The highest BCUT2D eigenvalue weighted by Gasteiger charge is 2.16. The molecule has 4 nitrogen and oxygen atoms in total. The van der Waals surface area contributed by atoms with Crippen LogP contribution in [0.3, 0.4) is 0 Å². The zero-order valence-electron chi connectivity index (χ0n) is 11.1. The number of ketones is 1. The number of hydrogen-bond donors (Lipinski definition) is 0. The molecule has 0 saturated heterocycles. The van der Waals surface area contributed by atoms with Crippen LogP contribution in [0.15, 0.2) is 59.0 Å². The van der Waals surface area contributed by atoms with Crippen LogP contribution >= 0.6 is 0 Å². The molecule has 0 unspecified atom stereocenters. The predicted octanol–water partition coefficient (Wildman–Crippen LogP) is 3.57. The van der Waals surface area contributed by atoms with Crippen LogP contribution < -0.4 is 4.74 Å². The van der Waals surface area contributed by atoms with E-state index in [1.165, 1.54) is 0 Å². The summed E-state index contributed by atoms with van der Waals surface area (Å²) in [6.07, 6.45) is 0. The monoisotopic (exact) mass is 277 g/mol. The van der Waals surface area contributed by atoms with Gasteiger partial charge in [-0.3, -0.25) is 4.79 Å². The van der Waals surface area contributed by atoms with Crippen LogP contribution in [0, 0.1) is 11.3 Å². The number of carbonyl (C=O) groups excluding carboxylic acids is 1. The second-order valence-corrected chi connectivity index (χ2v) is 4.45. The van der Waals surface area contributed by atoms with Crippen molar-refractivity contribution in [2.45, 2.75) is 0 Å². The Hall–Kier alpha value is -3.06. The van der Waals surface area contributed by atoms with Crippen molar-refractivity contribution in [3.8, 4) is 11.8 Å². The molecule has 0 aliphatic heterocycles. The third-order valence-electron chi connectivity index (χ3n) is 3.09. The smallest absolute Gasteiger partial charge is 0.246 e. The fourth-order valence-corrected chi connectivity index (χ4v) is 2.08. The Kier molecular flexibility index (Phi) is 3.40. The Morgan fingerprint density at radius 2 is 1.81 bits per heavy atom. The van der Waals surface area contributed by atoms with Gasteiger partial charge in [0.15, 0.2) is 18.1 Å². The standard InChI is InChI=1S/C17H11NO3/c18-10-16-17(13-8-4-5-9-15(13)21-16)20-11-14(19)12-6-2-1-3-7-12/h1-9H,11H2. The number of furan rings is 1. The summed E-state index contributed by atoms with van der Waals surface area (Å²) in [7, 11) is 0. The molecule has 21 heavy (non-hydrogen) atoms. The van der Waals surface area contributed by atoms with E-state index in [1.807, 2.05) is 24.3 Å². The number of fused-ring (bicyclic) bond motifs is 1. The molecule has 0 fully saturated rings. The van der Waals surface area contributed by atoms with Crippen LogP contribution in [0.5, 0.6) is 5.75 Å². The van der Waals surface area contributed by atoms with Crippen LogP contribution in [0.25, 0.3) is 11.0 Å². The van der Waals surface area contributed by atoms with Gasteiger partial charge in [0.25, 0.3) is 0 Å². The molecule has 1 aromatic heterocycles. The second-order valence-electron chi connectivity index (χ2n) is 4.45. The zero-order chi connectivity index (χ0) is 14.7. The molecular formula is C17H11NO3. The van der Waals surface area contributed by atoms with Crippen LogP contribution in [0.4, 0.5) is 0 Å². The van der Waals surface area contributed by atoms with Crippen LogP contribution in [0.1, 0.15) is 16.1 Å². The highest BCUT2D eigenvalue weighted by Crippen LogP contribution is 2.32. The van der Waals surface area contributed by atoms with Crippen molar-refractivity contribution in [3.63, 3.8) is 0 Å². The van der Waals surface area contributed by atoms with E-state index >= 15 is 0 Å². The van der Waals surface area contributed by atoms with Gasteiger partial charge in [-0.15, -0.1) is 0 Å². The third-order valence-corrected chi connectivity index (χ3v) is 3.09. The lowest BCUT2D eigenvalue weighted by Gasteiger charge is -2.04. The number of ether oxygens (including phenoxy) is 1. The fraction of sp³-hybridized carbons (Fsp3) is 0.0588. The summed E-state index contributed by atoms with van der Waals surface area (Å²) >= 11 is 0. The molecule has 1 heterocycles. The van der Waals surface area contributed by atoms with Gasteiger partial charge in [0.1, 0.15) is 11.7 Å². The maximum absolute atomic E-state index is 12.0. The minimum Gasteiger partial charge on any atom is -0.480 e. The van der Waals surface area contributed by atoms with Gasteiger partial charge in [0, 0.05) is 5.56 Å². The lowest BCUT2D eigenvalue weighted by Crippen LogP contribution is -2.11. The summed E-state index contributed by atoms with van der Waals surface area (Å²) in [5.74, 6) is 0.249. The Morgan fingerprint density at radius 3 is 2.57 bits per heavy atom. The number of para-hydroxylation sites is 1. The largest absolute Gasteiger partial charge is 0.480 e. The van der Waals surface area contributed by atoms with E-state index in [4.69, 9.17) is 14.4 Å². The number of carbonyl (C=O) groups is 1. The van der Waals surface area contributed by atoms with Crippen LogP contribution in [-0.2, 0) is 0 Å². The SMILES string of the molecule is N#Cc1oc2ccccc2c1OCC(=O)c1ccccc1. The van der Waals surface area contributed by atoms with Crippen molar-refractivity contribution < 1.29 is 13.9 Å². The fourth-order valence-electron chi connectivity index (χ4n) is 2.08. The van der Waals surface area contributed by atoms with E-state index in [0.717, 1.165) is 0 Å². The number of Topliss-reactive ketones (excluding diaryl/α,β-unsaturated/α-hetero) is 1. The predicted molar refractivity (Wildman–Crippen MR) is 77.2 cm³/mol. The second kappa shape index (κ2) is 5.51. The first kappa shape index (κ1) is 12.9. The number of nitriles is 1. The van der Waals surface area contributed by atoms with Gasteiger partial charge in [-0.05, 0) is 12.1 Å². The van der Waals surface area contributed by atoms with Gasteiger partial charge >= 0.3 is 0 Å². The molecule has 0 amide bonds. The molecule has 0 saturated carbocycles. The lowest BCUT2D eigenvalue weighted by molar-refractivity contribution is 0.0922. The molecule has 0 spiro atoms. The first-order valence-electron chi connectivity index (χ1n) is 6.42. The minimum absolute atomic E-state index is 0.0806. The normalized spacial score (nSPS) is 10.2. The number of benzene rings is 2. The van der Waals surface area contributed by atoms with Gasteiger partial charge in [0.2, 0.25) is 5.76 Å². The molecule has 2 aromatic carbocycles. The zero-order valence-corrected chi connectivity index (χ0v) is 11.1. The van der Waals surface area contributed by atoms with E-state index in [9.17, 15) is 4.79 Å². The van der Waals surface area contributed by atoms with Crippen molar-refractivity contribution in [3.05, 3.63) is 65.9 Å². The van der Waals surface area contributed by atoms with Crippen LogP contribution in [-0.4, -0.2) is 12.4 Å². The average molecular weight is 277 g/mol. The first-order chi connectivity index (χ1) is 10.3. The van der Waals surface area contributed by atoms with Crippen molar-refractivity contribution in [2.75, 3.05) is 6.61 Å². The lowest BCUT2D eigenvalue weighted by atomic mass is 10.1. The summed E-state index contributed by atoms with van der Waals surface area (Å²) in [5.41, 5.74) is 1.14. The summed E-state index contributed by atoms with van der Waals surface area (Å²) < 4.78 is 10.9. The summed E-state index contributed by atoms with van der Waals surface area (Å²) in [5, 5.41) is 9.78. The van der Waals surface area contributed by atoms with Crippen molar-refractivity contribution in [2.24, 2.45) is 0 Å². The Balaban J connectivity index is 1.86. The molecule has 0 aliphatic rings. The summed E-state index contributed by atoms with van der Waals surface area (Å²) in [6, 6.07) is 18.0. The van der Waals surface area contributed by atoms with Gasteiger partial charge in [-0.2, -0.15) is 5.26 Å². The minimum atomic E-state index is -0.148. The van der Waals surface area contributed by atoms with E-state index in [1.54, 1.807) is 36.4 Å². The molecule has 3 rings (SSSR count). The number of rotatable bonds is 4. The topological polar surface area (TPSA) is 63.2 Å². The van der Waals surface area contributed by atoms with Crippen molar-refractivity contribution in [1.82, 2.24) is 0 Å². The van der Waals surface area contributed by atoms with Gasteiger partial charge < -0.3 is 9.15 Å². The first-order valence-corrected chi connectivity index (χ1v) is 6.42. The number of nitrogens with zero attached hydrogens (tertiary/aromatic N) is 1. The van der Waals surface area contributed by atoms with E-state index < -0.39 is 0 Å². The van der Waals surface area contributed by atoms with Gasteiger partial charge in [-0.1, -0.05) is 42.5 Å². The molecule has 0 atom stereocenters. The maximum atomic E-state index is 12.0. The molecule has 0 aliphatic carbocycles. The Morgan fingerprint density at radius 1 is 1.10 bits per heavy atom. The molecular weight excluding hydrogens is 266 g/mol. The summed E-state index contributed by atoms with van der Waals surface area (Å²) in [4.78, 5) is 12.0. The molecule has 0 bridgehead atoms. The van der Waals surface area contributed by atoms with Gasteiger partial charge in [0.05, 0.1) is 5.39 Å². The highest BCUT2D eigenvalue weighted by molar-refractivity contribution is 5.97. The van der Waals surface area contributed by atoms with E-state index in [2.05, 4.69) is 0 Å². The average Bonchev–Trinajstić information content (AvgIpc) is 2.91. The number of hydrogen-bond acceptors (Lipinski definition) is 4. The maximum Gasteiger partial charge on any atom is 0.246 e. The van der Waals surface area contributed by atoms with Gasteiger partial charge in [-0.25, -0.2) is 0 Å². The molecule has 102 valence electrons. The molecule has 3 aromatic rings. The highest BCUT2D eigenvalue weighted by atomic mass is 16.5. The summed E-state index contributed by atoms with van der Waals surface area (Å²) in [6.45, 7) is -0.137. The Labute approximate surface area is 121 Å². The van der Waals surface area contributed by atoms with Crippen LogP contribution in [0.2, 0.25) is 0 Å². The molecule has 0 N–H and O–H groups in total.